The molecule has 0 aromatic rings. The minimum Gasteiger partial charge on any atom is -0.391 e. The van der Waals surface area contributed by atoms with E-state index in [0.717, 1.165) is 0 Å². The second-order valence-corrected chi connectivity index (χ2v) is 3.43. The highest BCUT2D eigenvalue weighted by Crippen LogP contribution is 1.98. The van der Waals surface area contributed by atoms with Crippen LogP contribution in [0.2, 0.25) is 0 Å². The van der Waals surface area contributed by atoms with Gasteiger partial charge in [-0.25, -0.2) is 0 Å². The molecule has 1 atom stereocenters. The summed E-state index contributed by atoms with van der Waals surface area (Å²) in [4.78, 5) is 10.9. The summed E-state index contributed by atoms with van der Waals surface area (Å²) in [6, 6.07) is 0. The number of amides is 1. The van der Waals surface area contributed by atoms with Gasteiger partial charge in [-0.15, -0.1) is 11.6 Å². The van der Waals surface area contributed by atoms with Gasteiger partial charge in [-0.05, 0) is 5.92 Å². The Kier molecular flexibility index (Phi) is 6.11. The molecule has 0 bridgehead atoms. The standard InChI is InChI=1S/C8H16ClNO2/c1-6(2)7(11)5-10-8(12)3-4-9/h6-7,11H,3-5H2,1-2H3,(H,10,12). The van der Waals surface area contributed by atoms with Crippen molar-refractivity contribution < 1.29 is 9.90 Å². The third-order valence-electron chi connectivity index (χ3n) is 1.60. The zero-order valence-electron chi connectivity index (χ0n) is 7.51. The number of carbonyl (C=O) groups excluding carboxylic acids is 1. The summed E-state index contributed by atoms with van der Waals surface area (Å²) in [7, 11) is 0. The SMILES string of the molecule is CC(C)C(O)CNC(=O)CCCl. The molecule has 0 radical (unpaired) electrons. The summed E-state index contributed by atoms with van der Waals surface area (Å²) in [5.41, 5.74) is 0. The summed E-state index contributed by atoms with van der Waals surface area (Å²) < 4.78 is 0. The number of hydrogen-bond donors (Lipinski definition) is 2. The Bertz CT molecular complexity index is 139. The highest BCUT2D eigenvalue weighted by molar-refractivity contribution is 6.18. The molecule has 0 heterocycles. The van der Waals surface area contributed by atoms with Gasteiger partial charge in [-0.2, -0.15) is 0 Å². The third kappa shape index (κ3) is 5.38. The number of alkyl halides is 1. The van der Waals surface area contributed by atoms with E-state index in [2.05, 4.69) is 5.32 Å². The molecule has 12 heavy (non-hydrogen) atoms. The van der Waals surface area contributed by atoms with Gasteiger partial charge in [-0.1, -0.05) is 13.8 Å². The Morgan fingerprint density at radius 1 is 1.58 bits per heavy atom. The molecular formula is C8H16ClNO2. The van der Waals surface area contributed by atoms with E-state index in [4.69, 9.17) is 11.6 Å². The van der Waals surface area contributed by atoms with Crippen molar-refractivity contribution in [3.8, 4) is 0 Å². The minimum atomic E-state index is -0.468. The fraction of sp³-hybridized carbons (Fsp3) is 0.875. The highest BCUT2D eigenvalue weighted by atomic mass is 35.5. The topological polar surface area (TPSA) is 49.3 Å². The Morgan fingerprint density at radius 2 is 2.17 bits per heavy atom. The van der Waals surface area contributed by atoms with Gasteiger partial charge >= 0.3 is 0 Å². The monoisotopic (exact) mass is 193 g/mol. The van der Waals surface area contributed by atoms with E-state index in [0.29, 0.717) is 18.8 Å². The summed E-state index contributed by atoms with van der Waals surface area (Å²) >= 11 is 5.35. The maximum Gasteiger partial charge on any atom is 0.221 e. The van der Waals surface area contributed by atoms with Crippen molar-refractivity contribution >= 4 is 17.5 Å². The largest absolute Gasteiger partial charge is 0.391 e. The normalized spacial score (nSPS) is 13.1. The molecule has 1 amide bonds. The minimum absolute atomic E-state index is 0.107. The Morgan fingerprint density at radius 3 is 2.58 bits per heavy atom. The first-order valence-electron chi connectivity index (χ1n) is 4.08. The number of aliphatic hydroxyl groups excluding tert-OH is 1. The first kappa shape index (κ1) is 11.7. The van der Waals surface area contributed by atoms with Crippen LogP contribution in [0, 0.1) is 5.92 Å². The molecule has 1 unspecified atom stereocenters. The number of carbonyl (C=O) groups is 1. The van der Waals surface area contributed by atoms with Gasteiger partial charge in [0.15, 0.2) is 0 Å². The van der Waals surface area contributed by atoms with Crippen molar-refractivity contribution in [3.63, 3.8) is 0 Å². The Hall–Kier alpha value is -0.280. The number of halogens is 1. The van der Waals surface area contributed by atoms with E-state index in [1.54, 1.807) is 0 Å². The average molecular weight is 194 g/mol. The maximum atomic E-state index is 10.9. The molecule has 0 aromatic heterocycles. The second-order valence-electron chi connectivity index (χ2n) is 3.05. The molecular weight excluding hydrogens is 178 g/mol. The van der Waals surface area contributed by atoms with Crippen LogP contribution < -0.4 is 5.32 Å². The predicted molar refractivity (Wildman–Crippen MR) is 49.2 cm³/mol. The number of rotatable bonds is 5. The maximum absolute atomic E-state index is 10.9. The molecule has 0 aromatic carbocycles. The first-order valence-corrected chi connectivity index (χ1v) is 4.62. The van der Waals surface area contributed by atoms with Crippen LogP contribution >= 0.6 is 11.6 Å². The summed E-state index contributed by atoms with van der Waals surface area (Å²) in [6.07, 6.45) is -0.156. The van der Waals surface area contributed by atoms with Crippen molar-refractivity contribution in [2.45, 2.75) is 26.4 Å². The lowest BCUT2D eigenvalue weighted by atomic mass is 10.1. The van der Waals surface area contributed by atoms with E-state index in [1.807, 2.05) is 13.8 Å². The predicted octanol–water partition coefficient (Wildman–Crippen LogP) is 0.748. The van der Waals surface area contributed by atoms with Gasteiger partial charge < -0.3 is 10.4 Å². The number of aliphatic hydroxyl groups is 1. The van der Waals surface area contributed by atoms with Crippen molar-refractivity contribution in [2.24, 2.45) is 5.92 Å². The molecule has 0 aliphatic rings. The van der Waals surface area contributed by atoms with E-state index >= 15 is 0 Å². The number of nitrogens with one attached hydrogen (secondary N) is 1. The Labute approximate surface area is 78.1 Å². The smallest absolute Gasteiger partial charge is 0.221 e. The van der Waals surface area contributed by atoms with Gasteiger partial charge in [0, 0.05) is 18.8 Å². The fourth-order valence-corrected chi connectivity index (χ4v) is 0.800. The summed E-state index contributed by atoms with van der Waals surface area (Å²) in [5, 5.41) is 11.9. The zero-order chi connectivity index (χ0) is 9.56. The quantitative estimate of drug-likeness (QED) is 0.634. The molecule has 3 nitrogen and oxygen atoms in total. The molecule has 72 valence electrons. The van der Waals surface area contributed by atoms with Gasteiger partial charge in [0.1, 0.15) is 0 Å². The molecule has 2 N–H and O–H groups in total. The van der Waals surface area contributed by atoms with Crippen LogP contribution in [0.5, 0.6) is 0 Å². The molecule has 0 fully saturated rings. The van der Waals surface area contributed by atoms with Crippen LogP contribution in [-0.4, -0.2) is 29.5 Å². The molecule has 0 aliphatic carbocycles. The van der Waals surface area contributed by atoms with Gasteiger partial charge in [0.2, 0.25) is 5.91 Å². The van der Waals surface area contributed by atoms with E-state index in [1.165, 1.54) is 0 Å². The molecule has 0 aliphatic heterocycles. The molecule has 0 saturated carbocycles. The molecule has 0 saturated heterocycles. The lowest BCUT2D eigenvalue weighted by Crippen LogP contribution is -2.34. The van der Waals surface area contributed by atoms with Crippen LogP contribution in [0.4, 0.5) is 0 Å². The first-order chi connectivity index (χ1) is 5.57. The van der Waals surface area contributed by atoms with Crippen molar-refractivity contribution in [2.75, 3.05) is 12.4 Å². The van der Waals surface area contributed by atoms with Gasteiger partial charge in [-0.3, -0.25) is 4.79 Å². The summed E-state index contributed by atoms with van der Waals surface area (Å²) in [6.45, 7) is 4.12. The van der Waals surface area contributed by atoms with Crippen LogP contribution in [0.15, 0.2) is 0 Å². The fourth-order valence-electron chi connectivity index (χ4n) is 0.628. The van der Waals surface area contributed by atoms with Crippen LogP contribution in [0.25, 0.3) is 0 Å². The van der Waals surface area contributed by atoms with Crippen molar-refractivity contribution in [3.05, 3.63) is 0 Å². The van der Waals surface area contributed by atoms with Gasteiger partial charge in [0.05, 0.1) is 6.10 Å². The van der Waals surface area contributed by atoms with Gasteiger partial charge in [0.25, 0.3) is 0 Å². The second kappa shape index (κ2) is 6.26. The summed E-state index contributed by atoms with van der Waals surface area (Å²) in [5.74, 6) is 0.384. The van der Waals surface area contributed by atoms with Crippen LogP contribution in [0.3, 0.4) is 0 Å². The third-order valence-corrected chi connectivity index (χ3v) is 1.79. The van der Waals surface area contributed by atoms with Crippen LogP contribution in [0.1, 0.15) is 20.3 Å². The molecule has 0 rings (SSSR count). The highest BCUT2D eigenvalue weighted by Gasteiger charge is 2.09. The number of hydrogen-bond acceptors (Lipinski definition) is 2. The van der Waals surface area contributed by atoms with E-state index < -0.39 is 6.10 Å². The van der Waals surface area contributed by atoms with E-state index in [-0.39, 0.29) is 11.8 Å². The molecule has 4 heteroatoms. The van der Waals surface area contributed by atoms with Crippen LogP contribution in [-0.2, 0) is 4.79 Å². The Balaban J connectivity index is 3.47. The van der Waals surface area contributed by atoms with E-state index in [9.17, 15) is 9.90 Å². The lowest BCUT2D eigenvalue weighted by Gasteiger charge is -2.14. The van der Waals surface area contributed by atoms with Crippen molar-refractivity contribution in [1.29, 1.82) is 0 Å². The average Bonchev–Trinajstić information content (AvgIpc) is 2.00. The zero-order valence-corrected chi connectivity index (χ0v) is 8.27. The van der Waals surface area contributed by atoms with Crippen molar-refractivity contribution in [1.82, 2.24) is 5.32 Å². The lowest BCUT2D eigenvalue weighted by molar-refractivity contribution is -0.121. The molecule has 0 spiro atoms.